The van der Waals surface area contributed by atoms with E-state index >= 15 is 0 Å². The minimum Gasteiger partial charge on any atom is -0.672 e. The molecule has 0 aliphatic rings. The van der Waals surface area contributed by atoms with Crippen molar-refractivity contribution in [2.45, 2.75) is 0 Å². The van der Waals surface area contributed by atoms with Crippen LogP contribution in [0.1, 0.15) is 0 Å². The van der Waals surface area contributed by atoms with E-state index < -0.39 is 18.3 Å². The van der Waals surface area contributed by atoms with E-state index in [1.807, 2.05) is 0 Å². The van der Waals surface area contributed by atoms with Crippen LogP contribution in [0.3, 0.4) is 0 Å². The molecular formula is H10Na4O11Si2. The largest absolute Gasteiger partial charge is 1.00 e. The van der Waals surface area contributed by atoms with Crippen LogP contribution in [0.2, 0.25) is 0 Å². The number of hydrogen-bond acceptors (Lipinski definition) is 6. The molecule has 0 saturated carbocycles. The summed E-state index contributed by atoms with van der Waals surface area (Å²) in [5.41, 5.74) is 0. The molecule has 0 unspecified atom stereocenters. The molecule has 0 aromatic heterocycles. The van der Waals surface area contributed by atoms with Gasteiger partial charge in [0, 0.05) is 18.3 Å². The van der Waals surface area contributed by atoms with Gasteiger partial charge in [0.05, 0.1) is 0 Å². The van der Waals surface area contributed by atoms with Gasteiger partial charge >= 0.3 is 118 Å². The van der Waals surface area contributed by atoms with Crippen molar-refractivity contribution in [3.05, 3.63) is 0 Å². The summed E-state index contributed by atoms with van der Waals surface area (Å²) in [5, 5.41) is 0. The molecule has 17 heteroatoms. The van der Waals surface area contributed by atoms with Crippen LogP contribution >= 0.6 is 0 Å². The summed E-state index contributed by atoms with van der Waals surface area (Å²) >= 11 is 0. The van der Waals surface area contributed by atoms with E-state index in [9.17, 15) is 0 Å². The molecule has 0 atom stereocenters. The van der Waals surface area contributed by atoms with Gasteiger partial charge in [-0.15, -0.1) is 0 Å². The fourth-order valence-electron chi connectivity index (χ4n) is 0. The van der Waals surface area contributed by atoms with Gasteiger partial charge in [-0.2, -0.15) is 0 Å². The molecule has 0 aliphatic heterocycles. The molecule has 17 heavy (non-hydrogen) atoms. The fourth-order valence-corrected chi connectivity index (χ4v) is 0. The van der Waals surface area contributed by atoms with E-state index in [4.69, 9.17) is 28.1 Å². The zero-order valence-corrected chi connectivity index (χ0v) is 19.9. The second-order valence-electron chi connectivity index (χ2n) is 0.500. The zero-order valence-electron chi connectivity index (χ0n) is 9.95. The predicted molar refractivity (Wildman–Crippen MR) is 30.9 cm³/mol. The first kappa shape index (κ1) is 88.9. The predicted octanol–water partition coefficient (Wildman–Crippen LogP) is -21.9. The summed E-state index contributed by atoms with van der Waals surface area (Å²) < 4.78 is 17.0. The van der Waals surface area contributed by atoms with Crippen LogP contribution in [0.25, 0.3) is 0 Å². The van der Waals surface area contributed by atoms with Crippen LogP contribution in [-0.2, 0) is 8.92 Å². The van der Waals surface area contributed by atoms with E-state index in [0.29, 0.717) is 0 Å². The van der Waals surface area contributed by atoms with Crippen molar-refractivity contribution in [2.24, 2.45) is 0 Å². The van der Waals surface area contributed by atoms with E-state index in [1.54, 1.807) is 0 Å². The molecule has 0 saturated heterocycles. The standard InChI is InChI=1S/4Na.2O3Si.5H2O/c;;;;2*1-4(2)3;;;;;/h;;;;;;5*1H2/q4*+1;2*-2;;;;;. The first-order chi connectivity index (χ1) is 3.46. The van der Waals surface area contributed by atoms with Gasteiger partial charge in [0.15, 0.2) is 0 Å². The second kappa shape index (κ2) is 75.9. The van der Waals surface area contributed by atoms with E-state index in [0.717, 1.165) is 0 Å². The molecular weight excluding hydrogens is 324 g/mol. The Morgan fingerprint density at radius 1 is 0.471 bits per heavy atom. The smallest absolute Gasteiger partial charge is 0.672 e. The average Bonchev–Trinajstić information content (AvgIpc) is 1.25. The second-order valence-corrected chi connectivity index (χ2v) is 1.50. The van der Waals surface area contributed by atoms with Gasteiger partial charge in [0.2, 0.25) is 0 Å². The molecule has 0 aromatic rings. The van der Waals surface area contributed by atoms with Gasteiger partial charge in [-0.05, 0) is 0 Å². The quantitative estimate of drug-likeness (QED) is 0.387. The summed E-state index contributed by atoms with van der Waals surface area (Å²) in [6.07, 6.45) is 0. The Morgan fingerprint density at radius 3 is 0.471 bits per heavy atom. The van der Waals surface area contributed by atoms with Crippen molar-refractivity contribution in [1.82, 2.24) is 0 Å². The molecule has 0 bridgehead atoms. The van der Waals surface area contributed by atoms with Crippen LogP contribution in [0, 0.1) is 0 Å². The maximum atomic E-state index is 8.52. The summed E-state index contributed by atoms with van der Waals surface area (Å²) in [6, 6.07) is 0. The van der Waals surface area contributed by atoms with Crippen LogP contribution in [-0.4, -0.2) is 45.7 Å². The summed E-state index contributed by atoms with van der Waals surface area (Å²) in [5.74, 6) is 0. The molecule has 0 amide bonds. The van der Waals surface area contributed by atoms with E-state index in [-0.39, 0.29) is 146 Å². The topological polar surface area (TPSA) is 284 Å². The normalized spacial score (nSPS) is 2.82. The maximum Gasteiger partial charge on any atom is 1.00 e. The molecule has 0 spiro atoms. The summed E-state index contributed by atoms with van der Waals surface area (Å²) in [6.45, 7) is 0. The summed E-state index contributed by atoms with van der Waals surface area (Å²) in [4.78, 5) is 34.1. The van der Waals surface area contributed by atoms with Crippen LogP contribution in [0.15, 0.2) is 0 Å². The first-order valence-corrected chi connectivity index (χ1v) is 3.67. The molecule has 11 nitrogen and oxygen atoms in total. The SMILES string of the molecule is O.O.O.O.O.O=[Si]([O-])[O-].O=[Si]([O-])[O-].[Na+].[Na+].[Na+].[Na+]. The Bertz CT molecular complexity index is 79.5. The van der Waals surface area contributed by atoms with Gasteiger partial charge in [-0.1, -0.05) is 0 Å². The molecule has 0 aliphatic carbocycles. The van der Waals surface area contributed by atoms with Gasteiger partial charge in [0.25, 0.3) is 0 Å². The molecule has 10 N–H and O–H groups in total. The third kappa shape index (κ3) is 600. The van der Waals surface area contributed by atoms with E-state index in [1.165, 1.54) is 0 Å². The number of rotatable bonds is 0. The summed E-state index contributed by atoms with van der Waals surface area (Å²) in [7, 11) is -7.26. The molecule has 0 radical (unpaired) electrons. The molecule has 88 valence electrons. The molecule has 0 heterocycles. The Balaban J connectivity index is -0.00000000308. The monoisotopic (exact) mass is 334 g/mol. The van der Waals surface area contributed by atoms with Gasteiger partial charge in [-0.3, -0.25) is 0 Å². The first-order valence-electron chi connectivity index (χ1n) is 1.22. The Labute approximate surface area is 189 Å². The van der Waals surface area contributed by atoms with Crippen LogP contribution in [0.4, 0.5) is 0 Å². The molecule has 0 fully saturated rings. The maximum absolute atomic E-state index is 8.52. The van der Waals surface area contributed by atoms with Crippen molar-refractivity contribution in [1.29, 1.82) is 0 Å². The van der Waals surface area contributed by atoms with Crippen LogP contribution in [0.5, 0.6) is 0 Å². The van der Waals surface area contributed by atoms with E-state index in [2.05, 4.69) is 0 Å². The Hall–Kier alpha value is 3.03. The van der Waals surface area contributed by atoms with Crippen molar-refractivity contribution in [3.63, 3.8) is 0 Å². The molecule has 0 aromatic carbocycles. The van der Waals surface area contributed by atoms with Crippen molar-refractivity contribution in [3.8, 4) is 0 Å². The third-order valence-corrected chi connectivity index (χ3v) is 0. The zero-order chi connectivity index (χ0) is 7.15. The van der Waals surface area contributed by atoms with Crippen LogP contribution < -0.4 is 137 Å². The molecule has 0 rings (SSSR count). The van der Waals surface area contributed by atoms with Gasteiger partial charge in [0.1, 0.15) is 0 Å². The van der Waals surface area contributed by atoms with Gasteiger partial charge < -0.3 is 55.5 Å². The average molecular weight is 334 g/mol. The fraction of sp³-hybridized carbons (Fsp3) is 0. The van der Waals surface area contributed by atoms with Crippen molar-refractivity contribution < 1.29 is 174 Å². The number of hydrogen-bond donors (Lipinski definition) is 0. The minimum absolute atomic E-state index is 0. The Morgan fingerprint density at radius 2 is 0.471 bits per heavy atom. The third-order valence-electron chi connectivity index (χ3n) is 0. The van der Waals surface area contributed by atoms with Crippen molar-refractivity contribution >= 4 is 18.3 Å². The van der Waals surface area contributed by atoms with Crippen molar-refractivity contribution in [2.75, 3.05) is 0 Å². The Kier molecular flexibility index (Phi) is 397. The minimum atomic E-state index is -3.63. The van der Waals surface area contributed by atoms with Gasteiger partial charge in [-0.25, -0.2) is 0 Å².